The van der Waals surface area contributed by atoms with E-state index in [-0.39, 0.29) is 16.8 Å². The summed E-state index contributed by atoms with van der Waals surface area (Å²) >= 11 is 0. The molecule has 44 heavy (non-hydrogen) atoms. The summed E-state index contributed by atoms with van der Waals surface area (Å²) in [6.45, 7) is 4.32. The number of carbonyl (C=O) groups excluding carboxylic acids is 2. The van der Waals surface area contributed by atoms with Crippen molar-refractivity contribution < 1.29 is 24.0 Å². The number of hydrogen-bond donors (Lipinski definition) is 0. The molecule has 9 rings (SSSR count). The first-order chi connectivity index (χ1) is 21.2. The van der Waals surface area contributed by atoms with Gasteiger partial charge in [0, 0.05) is 42.2 Å². The number of nitro benzene ring substituents is 1. The number of rotatable bonds is 5. The van der Waals surface area contributed by atoms with Gasteiger partial charge in [-0.15, -0.1) is 0 Å². The lowest BCUT2D eigenvalue weighted by molar-refractivity contribution is -0.384. The average Bonchev–Trinajstić information content (AvgIpc) is 2.98. The molecule has 0 atom stereocenters. The number of methoxy groups -OCH3 is 1. The summed E-state index contributed by atoms with van der Waals surface area (Å²) in [5, 5.41) is 12.0. The van der Waals surface area contributed by atoms with Crippen LogP contribution in [0.2, 0.25) is 0 Å². The van der Waals surface area contributed by atoms with Crippen molar-refractivity contribution in [2.75, 3.05) is 23.6 Å². The highest BCUT2D eigenvalue weighted by Crippen LogP contribution is 2.57. The molecule has 9 nitrogen and oxygen atoms in total. The van der Waals surface area contributed by atoms with Crippen LogP contribution in [-0.2, 0) is 22.6 Å². The average molecular weight is 594 g/mol. The Labute approximate surface area is 255 Å². The highest BCUT2D eigenvalue weighted by Gasteiger charge is 2.53. The minimum Gasteiger partial charge on any atom is -0.465 e. The van der Waals surface area contributed by atoms with Crippen molar-refractivity contribution in [3.63, 3.8) is 0 Å². The lowest BCUT2D eigenvalue weighted by Gasteiger charge is -2.55. The van der Waals surface area contributed by atoms with Gasteiger partial charge in [0.25, 0.3) is 5.69 Å². The Kier molecular flexibility index (Phi) is 6.06. The number of hydrogen-bond acceptors (Lipinski definition) is 8. The van der Waals surface area contributed by atoms with Gasteiger partial charge in [-0.2, -0.15) is 0 Å². The van der Waals surface area contributed by atoms with Crippen molar-refractivity contribution >= 4 is 29.0 Å². The summed E-state index contributed by atoms with van der Waals surface area (Å²) in [7, 11) is 1.24. The van der Waals surface area contributed by atoms with Gasteiger partial charge in [-0.1, -0.05) is 23.8 Å². The number of benzene rings is 3. The number of aryl methyl sites for hydroxylation is 1. The fourth-order valence-corrected chi connectivity index (χ4v) is 9.25. The summed E-state index contributed by atoms with van der Waals surface area (Å²) < 4.78 is 11.5. The third-order valence-corrected chi connectivity index (χ3v) is 10.6. The van der Waals surface area contributed by atoms with E-state index < -0.39 is 22.5 Å². The van der Waals surface area contributed by atoms with Crippen molar-refractivity contribution in [2.24, 2.45) is 17.8 Å². The number of non-ortho nitro benzene ring substituents is 1. The van der Waals surface area contributed by atoms with E-state index in [9.17, 15) is 19.7 Å². The molecular formula is C35H35N3O6. The van der Waals surface area contributed by atoms with E-state index in [1.807, 2.05) is 18.2 Å². The fourth-order valence-electron chi connectivity index (χ4n) is 9.25. The third-order valence-electron chi connectivity index (χ3n) is 10.6. The number of nitro groups is 1. The maximum Gasteiger partial charge on any atom is 0.339 e. The molecule has 6 aliphatic rings. The topological polar surface area (TPSA) is 102 Å². The zero-order valence-electron chi connectivity index (χ0n) is 25.0. The predicted octanol–water partition coefficient (Wildman–Crippen LogP) is 6.78. The predicted molar refractivity (Wildman–Crippen MR) is 165 cm³/mol. The van der Waals surface area contributed by atoms with Gasteiger partial charge in [0.2, 0.25) is 0 Å². The molecule has 0 N–H and O–H groups in total. The minimum absolute atomic E-state index is 0.0171. The number of ether oxygens (including phenoxy) is 2. The number of carbonyl (C=O) groups is 2. The van der Waals surface area contributed by atoms with Gasteiger partial charge in [0.15, 0.2) is 0 Å². The normalized spacial score (nSPS) is 25.7. The van der Waals surface area contributed by atoms with Crippen molar-refractivity contribution in [2.45, 2.75) is 64.1 Å². The standard InChI is InChI=1S/C35H35N3O6/c1-20-3-5-30-25(7-20)17-36-19-37(30)18-26-11-24(4-6-31(26)36)32-28(33(39)43-2)12-27(38(41)42)13-29(32)34(40)44-35-14-21-8-22(15-35)10-23(9-21)16-35/h3-7,11-13,21-23H,8-10,14-19H2,1-2H3. The van der Waals surface area contributed by atoms with Crippen LogP contribution in [0.1, 0.15) is 75.9 Å². The zero-order valence-corrected chi connectivity index (χ0v) is 25.0. The van der Waals surface area contributed by atoms with Gasteiger partial charge in [-0.3, -0.25) is 10.1 Å². The van der Waals surface area contributed by atoms with Gasteiger partial charge >= 0.3 is 11.9 Å². The summed E-state index contributed by atoms with van der Waals surface area (Å²) in [5.41, 5.74) is 5.93. The van der Waals surface area contributed by atoms with E-state index >= 15 is 0 Å². The molecule has 3 aromatic rings. The van der Waals surface area contributed by atoms with E-state index in [4.69, 9.17) is 9.47 Å². The molecule has 6 bridgehead atoms. The van der Waals surface area contributed by atoms with Crippen LogP contribution in [0.15, 0.2) is 48.5 Å². The fraction of sp³-hybridized carbons (Fsp3) is 0.429. The maximum atomic E-state index is 14.2. The molecule has 2 heterocycles. The maximum absolute atomic E-state index is 14.2. The lowest BCUT2D eigenvalue weighted by Crippen LogP contribution is -2.52. The molecule has 226 valence electrons. The summed E-state index contributed by atoms with van der Waals surface area (Å²) in [6, 6.07) is 14.9. The number of fused-ring (bicyclic) bond motifs is 6. The lowest BCUT2D eigenvalue weighted by atomic mass is 9.54. The first-order valence-corrected chi connectivity index (χ1v) is 15.6. The molecule has 3 aromatic carbocycles. The Morgan fingerprint density at radius 1 is 0.841 bits per heavy atom. The molecule has 0 spiro atoms. The smallest absolute Gasteiger partial charge is 0.339 e. The van der Waals surface area contributed by atoms with Gasteiger partial charge in [0.1, 0.15) is 5.60 Å². The first kappa shape index (κ1) is 27.2. The van der Waals surface area contributed by atoms with Crippen molar-refractivity contribution in [1.82, 2.24) is 0 Å². The summed E-state index contributed by atoms with van der Waals surface area (Å²) in [4.78, 5) is 43.4. The Hall–Kier alpha value is -4.40. The molecule has 4 fully saturated rings. The van der Waals surface area contributed by atoms with Crippen molar-refractivity contribution in [3.8, 4) is 11.1 Å². The number of anilines is 2. The van der Waals surface area contributed by atoms with Crippen molar-refractivity contribution in [3.05, 3.63) is 86.5 Å². The molecule has 0 saturated heterocycles. The number of nitrogens with zero attached hydrogens (tertiary/aromatic N) is 3. The van der Waals surface area contributed by atoms with E-state index in [1.54, 1.807) is 0 Å². The Bertz CT molecular complexity index is 1710. The first-order valence-electron chi connectivity index (χ1n) is 15.6. The van der Waals surface area contributed by atoms with E-state index in [0.29, 0.717) is 35.4 Å². The van der Waals surface area contributed by atoms with Gasteiger partial charge in [0.05, 0.1) is 29.8 Å². The van der Waals surface area contributed by atoms with Crippen LogP contribution < -0.4 is 9.80 Å². The molecule has 0 unspecified atom stereocenters. The molecular weight excluding hydrogens is 558 g/mol. The highest BCUT2D eigenvalue weighted by molar-refractivity contribution is 6.07. The van der Waals surface area contributed by atoms with E-state index in [1.165, 1.54) is 55.3 Å². The Balaban J connectivity index is 1.22. The van der Waals surface area contributed by atoms with Gasteiger partial charge < -0.3 is 19.3 Å². The summed E-state index contributed by atoms with van der Waals surface area (Å²) in [5.74, 6) is 0.330. The highest BCUT2D eigenvalue weighted by atomic mass is 16.6. The molecule has 2 aliphatic heterocycles. The second-order valence-corrected chi connectivity index (χ2v) is 13.7. The van der Waals surface area contributed by atoms with E-state index in [0.717, 1.165) is 43.7 Å². The van der Waals surface area contributed by atoms with E-state index in [2.05, 4.69) is 34.9 Å². The van der Waals surface area contributed by atoms with Crippen LogP contribution >= 0.6 is 0 Å². The second-order valence-electron chi connectivity index (χ2n) is 13.7. The largest absolute Gasteiger partial charge is 0.465 e. The quantitative estimate of drug-likeness (QED) is 0.181. The molecule has 0 radical (unpaired) electrons. The second kappa shape index (κ2) is 9.81. The minimum atomic E-state index is -0.737. The Morgan fingerprint density at radius 2 is 1.41 bits per heavy atom. The third kappa shape index (κ3) is 4.35. The molecule has 4 aliphatic carbocycles. The van der Waals surface area contributed by atoms with Crippen LogP contribution in [-0.4, -0.2) is 36.2 Å². The van der Waals surface area contributed by atoms with Crippen molar-refractivity contribution in [1.29, 1.82) is 0 Å². The molecule has 9 heteroatoms. The molecule has 0 amide bonds. The van der Waals surface area contributed by atoms with Crippen LogP contribution in [0.5, 0.6) is 0 Å². The van der Waals surface area contributed by atoms with Crippen LogP contribution in [0.3, 0.4) is 0 Å². The number of esters is 2. The molecule has 0 aromatic heterocycles. The summed E-state index contributed by atoms with van der Waals surface area (Å²) in [6.07, 6.45) is 6.09. The SMILES string of the molecule is COC(=O)c1cc([N+](=O)[O-])cc(C(=O)OC23CC4CC(CC(C4)C2)C3)c1-c1ccc2c(c1)CN1CN2Cc2cc(C)ccc21. The van der Waals surface area contributed by atoms with Gasteiger partial charge in [-0.25, -0.2) is 9.59 Å². The zero-order chi connectivity index (χ0) is 30.3. The monoisotopic (exact) mass is 593 g/mol. The van der Waals surface area contributed by atoms with Crippen LogP contribution in [0.4, 0.5) is 17.1 Å². The van der Waals surface area contributed by atoms with Crippen LogP contribution in [0.25, 0.3) is 11.1 Å². The van der Waals surface area contributed by atoms with Gasteiger partial charge in [-0.05, 0) is 98.1 Å². The Morgan fingerprint density at radius 3 is 2.00 bits per heavy atom. The molecule has 4 saturated carbocycles. The van der Waals surface area contributed by atoms with Crippen LogP contribution in [0, 0.1) is 34.8 Å².